The molecule has 3 nitrogen and oxygen atoms in total. The fourth-order valence-electron chi connectivity index (χ4n) is 1.16. The van der Waals surface area contributed by atoms with Crippen LogP contribution in [0.5, 0.6) is 5.75 Å². The molecule has 0 fully saturated rings. The minimum absolute atomic E-state index is 0.0960. The summed E-state index contributed by atoms with van der Waals surface area (Å²) in [7, 11) is -3.10. The lowest BCUT2D eigenvalue weighted by Crippen LogP contribution is -2.06. The second-order valence-electron chi connectivity index (χ2n) is 3.54. The van der Waals surface area contributed by atoms with Gasteiger partial charge >= 0.3 is 0 Å². The monoisotopic (exact) mass is 228 g/mol. The van der Waals surface area contributed by atoms with E-state index in [1.54, 1.807) is 31.2 Å². The number of hydrogen-bond acceptors (Lipinski definition) is 3. The molecule has 0 spiro atoms. The Hall–Kier alpha value is -1.03. The molecule has 0 aliphatic rings. The third-order valence-corrected chi connectivity index (χ3v) is 3.69. The Morgan fingerprint density at radius 3 is 2.13 bits per heavy atom. The van der Waals surface area contributed by atoms with Gasteiger partial charge in [0, 0.05) is 0 Å². The van der Waals surface area contributed by atoms with Crippen molar-refractivity contribution in [3.05, 3.63) is 24.3 Å². The van der Waals surface area contributed by atoms with Crippen molar-refractivity contribution in [2.45, 2.75) is 31.8 Å². The predicted molar refractivity (Wildman–Crippen MR) is 59.9 cm³/mol. The van der Waals surface area contributed by atoms with Crippen LogP contribution in [0.3, 0.4) is 0 Å². The first-order valence-electron chi connectivity index (χ1n) is 4.95. The highest BCUT2D eigenvalue weighted by molar-refractivity contribution is 7.91. The van der Waals surface area contributed by atoms with Crippen LogP contribution >= 0.6 is 0 Å². The van der Waals surface area contributed by atoms with Crippen molar-refractivity contribution in [3.63, 3.8) is 0 Å². The number of hydrogen-bond donors (Lipinski definition) is 0. The van der Waals surface area contributed by atoms with E-state index in [-0.39, 0.29) is 11.9 Å². The molecule has 0 unspecified atom stereocenters. The molecule has 0 aromatic heterocycles. The van der Waals surface area contributed by atoms with Crippen LogP contribution in [0.15, 0.2) is 29.2 Å². The smallest absolute Gasteiger partial charge is 0.178 e. The quantitative estimate of drug-likeness (QED) is 0.794. The molecule has 1 aromatic rings. The molecule has 1 rings (SSSR count). The van der Waals surface area contributed by atoms with Gasteiger partial charge in [0.05, 0.1) is 16.8 Å². The maximum atomic E-state index is 11.5. The van der Waals surface area contributed by atoms with E-state index in [1.165, 1.54) is 0 Å². The molecule has 0 amide bonds. The van der Waals surface area contributed by atoms with Gasteiger partial charge in [0.15, 0.2) is 9.84 Å². The molecule has 0 atom stereocenters. The highest BCUT2D eigenvalue weighted by Crippen LogP contribution is 2.17. The van der Waals surface area contributed by atoms with Gasteiger partial charge < -0.3 is 4.74 Å². The maximum Gasteiger partial charge on any atom is 0.178 e. The Kier molecular flexibility index (Phi) is 3.74. The summed E-state index contributed by atoms with van der Waals surface area (Å²) < 4.78 is 28.4. The third kappa shape index (κ3) is 3.23. The van der Waals surface area contributed by atoms with Crippen LogP contribution in [0, 0.1) is 0 Å². The molecular formula is C11H16O3S. The SMILES string of the molecule is CCS(=O)(=O)c1ccc(OC(C)C)cc1. The summed E-state index contributed by atoms with van der Waals surface area (Å²) >= 11 is 0. The summed E-state index contributed by atoms with van der Waals surface area (Å²) in [4.78, 5) is 0.348. The van der Waals surface area contributed by atoms with Crippen molar-refractivity contribution in [3.8, 4) is 5.75 Å². The van der Waals surface area contributed by atoms with E-state index in [4.69, 9.17) is 4.74 Å². The molecule has 0 bridgehead atoms. The zero-order valence-corrected chi connectivity index (χ0v) is 10.0. The second-order valence-corrected chi connectivity index (χ2v) is 5.82. The van der Waals surface area contributed by atoms with Crippen molar-refractivity contribution >= 4 is 9.84 Å². The van der Waals surface area contributed by atoms with Crippen LogP contribution in [0.4, 0.5) is 0 Å². The van der Waals surface area contributed by atoms with Crippen LogP contribution < -0.4 is 4.74 Å². The Morgan fingerprint density at radius 1 is 1.20 bits per heavy atom. The van der Waals surface area contributed by atoms with E-state index in [9.17, 15) is 8.42 Å². The molecule has 0 saturated heterocycles. The van der Waals surface area contributed by atoms with Crippen LogP contribution in [0.1, 0.15) is 20.8 Å². The number of sulfone groups is 1. The standard InChI is InChI=1S/C11H16O3S/c1-4-15(12,13)11-7-5-10(6-8-11)14-9(2)3/h5-9H,4H2,1-3H3. The van der Waals surface area contributed by atoms with Crippen molar-refractivity contribution < 1.29 is 13.2 Å². The van der Waals surface area contributed by atoms with Gasteiger partial charge in [-0.1, -0.05) is 6.92 Å². The fourth-order valence-corrected chi connectivity index (χ4v) is 2.05. The number of ether oxygens (including phenoxy) is 1. The van der Waals surface area contributed by atoms with Crippen LogP contribution in [0.25, 0.3) is 0 Å². The Bertz CT molecular complexity index is 404. The third-order valence-electron chi connectivity index (χ3n) is 1.93. The molecule has 0 aliphatic heterocycles. The topological polar surface area (TPSA) is 43.4 Å². The molecule has 15 heavy (non-hydrogen) atoms. The molecule has 0 aliphatic carbocycles. The summed E-state index contributed by atoms with van der Waals surface area (Å²) in [5.41, 5.74) is 0. The molecular weight excluding hydrogens is 212 g/mol. The minimum atomic E-state index is -3.10. The molecule has 1 aromatic carbocycles. The first kappa shape index (κ1) is 12.0. The largest absolute Gasteiger partial charge is 0.491 e. The zero-order valence-electron chi connectivity index (χ0n) is 9.23. The average molecular weight is 228 g/mol. The zero-order chi connectivity index (χ0) is 11.5. The van der Waals surface area contributed by atoms with Gasteiger partial charge in [0.25, 0.3) is 0 Å². The second kappa shape index (κ2) is 4.66. The predicted octanol–water partition coefficient (Wildman–Crippen LogP) is 2.27. The van der Waals surface area contributed by atoms with E-state index in [0.717, 1.165) is 0 Å². The van der Waals surface area contributed by atoms with Crippen molar-refractivity contribution in [2.24, 2.45) is 0 Å². The lowest BCUT2D eigenvalue weighted by Gasteiger charge is -2.09. The summed E-state index contributed by atoms with van der Waals surface area (Å²) in [5.74, 6) is 0.817. The highest BCUT2D eigenvalue weighted by Gasteiger charge is 2.10. The lowest BCUT2D eigenvalue weighted by molar-refractivity contribution is 0.242. The molecule has 84 valence electrons. The summed E-state index contributed by atoms with van der Waals surface area (Å²) in [6.45, 7) is 5.49. The van der Waals surface area contributed by atoms with Gasteiger partial charge in [0.2, 0.25) is 0 Å². The molecule has 0 heterocycles. The van der Waals surface area contributed by atoms with E-state index in [2.05, 4.69) is 0 Å². The summed E-state index contributed by atoms with van der Waals surface area (Å²) in [6.07, 6.45) is 0.0960. The fraction of sp³-hybridized carbons (Fsp3) is 0.455. The van der Waals surface area contributed by atoms with E-state index >= 15 is 0 Å². The summed E-state index contributed by atoms with van der Waals surface area (Å²) in [6, 6.07) is 6.53. The molecule has 0 N–H and O–H groups in total. The maximum absolute atomic E-state index is 11.5. The van der Waals surface area contributed by atoms with Crippen molar-refractivity contribution in [1.82, 2.24) is 0 Å². The minimum Gasteiger partial charge on any atom is -0.491 e. The Labute approximate surface area is 91.0 Å². The Balaban J connectivity index is 2.91. The van der Waals surface area contributed by atoms with Gasteiger partial charge in [-0.3, -0.25) is 0 Å². The van der Waals surface area contributed by atoms with Crippen molar-refractivity contribution in [1.29, 1.82) is 0 Å². The van der Waals surface area contributed by atoms with Crippen molar-refractivity contribution in [2.75, 3.05) is 5.75 Å². The van der Waals surface area contributed by atoms with E-state index < -0.39 is 9.84 Å². The Morgan fingerprint density at radius 2 is 1.73 bits per heavy atom. The van der Waals surface area contributed by atoms with Crippen LogP contribution in [-0.2, 0) is 9.84 Å². The van der Waals surface area contributed by atoms with Gasteiger partial charge in [-0.2, -0.15) is 0 Å². The van der Waals surface area contributed by atoms with Gasteiger partial charge in [0.1, 0.15) is 5.75 Å². The van der Waals surface area contributed by atoms with Crippen LogP contribution in [0.2, 0.25) is 0 Å². The van der Waals surface area contributed by atoms with Crippen LogP contribution in [-0.4, -0.2) is 20.3 Å². The first-order valence-corrected chi connectivity index (χ1v) is 6.60. The normalized spacial score (nSPS) is 11.7. The molecule has 0 radical (unpaired) electrons. The molecule has 4 heteroatoms. The van der Waals surface area contributed by atoms with E-state index in [1.807, 2.05) is 13.8 Å². The highest BCUT2D eigenvalue weighted by atomic mass is 32.2. The van der Waals surface area contributed by atoms with E-state index in [0.29, 0.717) is 10.6 Å². The summed E-state index contributed by atoms with van der Waals surface area (Å²) in [5, 5.41) is 0. The van der Waals surface area contributed by atoms with Gasteiger partial charge in [-0.05, 0) is 38.1 Å². The molecule has 0 saturated carbocycles. The number of benzene rings is 1. The van der Waals surface area contributed by atoms with Gasteiger partial charge in [-0.25, -0.2) is 8.42 Å². The van der Waals surface area contributed by atoms with Gasteiger partial charge in [-0.15, -0.1) is 0 Å². The average Bonchev–Trinajstić information content (AvgIpc) is 2.18. The number of rotatable bonds is 4. The lowest BCUT2D eigenvalue weighted by atomic mass is 10.3. The first-order chi connectivity index (χ1) is 6.95.